The van der Waals surface area contributed by atoms with Gasteiger partial charge < -0.3 is 0 Å². The lowest BCUT2D eigenvalue weighted by Crippen LogP contribution is -1.99. The number of ketones is 1. The average molecular weight is 285 g/mol. The van der Waals surface area contributed by atoms with Gasteiger partial charge in [0.1, 0.15) is 0 Å². The fourth-order valence-corrected chi connectivity index (χ4v) is 2.17. The number of hydrogen-bond donors (Lipinski definition) is 0. The number of nitro benzene ring substituents is 1. The third-order valence-corrected chi connectivity index (χ3v) is 3.30. The zero-order chi connectivity index (χ0) is 15.6. The van der Waals surface area contributed by atoms with E-state index in [1.807, 2.05) is 6.92 Å². The van der Waals surface area contributed by atoms with Crippen molar-refractivity contribution in [2.24, 2.45) is 7.05 Å². The summed E-state index contributed by atoms with van der Waals surface area (Å²) < 4.78 is 1.64. The van der Waals surface area contributed by atoms with Gasteiger partial charge in [-0.3, -0.25) is 19.6 Å². The maximum absolute atomic E-state index is 12.2. The monoisotopic (exact) mass is 285 g/mol. The first-order valence-corrected chi connectivity index (χ1v) is 6.38. The largest absolute Gasteiger partial charge is 0.289 e. The molecule has 0 bridgehead atoms. The molecule has 6 nitrogen and oxygen atoms in total. The molecule has 0 atom stereocenters. The van der Waals surface area contributed by atoms with E-state index in [2.05, 4.69) is 5.10 Å². The van der Waals surface area contributed by atoms with Crippen molar-refractivity contribution in [2.75, 3.05) is 0 Å². The van der Waals surface area contributed by atoms with Gasteiger partial charge in [0.2, 0.25) is 0 Å². The second-order valence-corrected chi connectivity index (χ2v) is 4.68. The van der Waals surface area contributed by atoms with Crippen LogP contribution in [0.2, 0.25) is 0 Å². The number of aryl methyl sites for hydroxylation is 2. The molecule has 0 aliphatic carbocycles. The van der Waals surface area contributed by atoms with Gasteiger partial charge in [-0.1, -0.05) is 12.1 Å². The summed E-state index contributed by atoms with van der Waals surface area (Å²) >= 11 is 0. The second-order valence-electron chi connectivity index (χ2n) is 4.68. The highest BCUT2D eigenvalue weighted by molar-refractivity contribution is 6.08. The minimum absolute atomic E-state index is 0.0267. The Bertz CT molecular complexity index is 745. The lowest BCUT2D eigenvalue weighted by Gasteiger charge is -1.98. The molecule has 0 N–H and O–H groups in total. The Kier molecular flexibility index (Phi) is 3.98. The summed E-state index contributed by atoms with van der Waals surface area (Å²) in [6.45, 7) is 3.57. The van der Waals surface area contributed by atoms with Crippen molar-refractivity contribution in [1.82, 2.24) is 9.78 Å². The van der Waals surface area contributed by atoms with Crippen LogP contribution in [0.4, 0.5) is 5.69 Å². The molecule has 0 unspecified atom stereocenters. The third kappa shape index (κ3) is 2.89. The molecule has 0 spiro atoms. The molecule has 2 rings (SSSR count). The van der Waals surface area contributed by atoms with Crippen LogP contribution >= 0.6 is 0 Å². The first-order valence-electron chi connectivity index (χ1n) is 6.38. The lowest BCUT2D eigenvalue weighted by molar-refractivity contribution is -0.385. The highest BCUT2D eigenvalue weighted by Gasteiger charge is 2.15. The van der Waals surface area contributed by atoms with Crippen molar-refractivity contribution in [3.63, 3.8) is 0 Å². The maximum Gasteiger partial charge on any atom is 0.276 e. The molecule has 1 heterocycles. The van der Waals surface area contributed by atoms with Gasteiger partial charge in [-0.25, -0.2) is 0 Å². The fourth-order valence-electron chi connectivity index (χ4n) is 2.17. The van der Waals surface area contributed by atoms with E-state index in [0.717, 1.165) is 5.69 Å². The molecule has 0 saturated carbocycles. The summed E-state index contributed by atoms with van der Waals surface area (Å²) in [5, 5.41) is 15.1. The van der Waals surface area contributed by atoms with Crippen molar-refractivity contribution in [3.8, 4) is 0 Å². The van der Waals surface area contributed by atoms with Crippen LogP contribution in [-0.4, -0.2) is 20.5 Å². The van der Waals surface area contributed by atoms with E-state index in [1.54, 1.807) is 36.9 Å². The van der Waals surface area contributed by atoms with Gasteiger partial charge in [-0.15, -0.1) is 0 Å². The normalized spacial score (nSPS) is 11.0. The first-order chi connectivity index (χ1) is 9.91. The van der Waals surface area contributed by atoms with E-state index in [9.17, 15) is 14.9 Å². The number of para-hydroxylation sites is 1. The topological polar surface area (TPSA) is 78.0 Å². The zero-order valence-electron chi connectivity index (χ0n) is 12.0. The number of hydrogen-bond acceptors (Lipinski definition) is 4. The Balaban J connectivity index is 2.34. The average Bonchev–Trinajstić information content (AvgIpc) is 2.70. The van der Waals surface area contributed by atoms with Crippen LogP contribution in [0, 0.1) is 24.0 Å². The highest BCUT2D eigenvalue weighted by Crippen LogP contribution is 2.20. The number of rotatable bonds is 4. The summed E-state index contributed by atoms with van der Waals surface area (Å²) in [5.74, 6) is -0.212. The molecule has 21 heavy (non-hydrogen) atoms. The van der Waals surface area contributed by atoms with Crippen LogP contribution in [-0.2, 0) is 7.05 Å². The van der Waals surface area contributed by atoms with Crippen LogP contribution < -0.4 is 0 Å². The number of nitrogens with zero attached hydrogens (tertiary/aromatic N) is 3. The van der Waals surface area contributed by atoms with Crippen LogP contribution in [0.5, 0.6) is 0 Å². The molecule has 0 saturated heterocycles. The highest BCUT2D eigenvalue weighted by atomic mass is 16.6. The molecule has 6 heteroatoms. The number of carbonyl (C=O) groups is 1. The summed E-state index contributed by atoms with van der Waals surface area (Å²) in [6.07, 6.45) is 2.81. The summed E-state index contributed by atoms with van der Waals surface area (Å²) in [5.41, 5.74) is 2.32. The molecule has 0 radical (unpaired) electrons. The van der Waals surface area contributed by atoms with E-state index in [0.29, 0.717) is 16.8 Å². The van der Waals surface area contributed by atoms with Crippen LogP contribution in [0.25, 0.3) is 6.08 Å². The number of carbonyl (C=O) groups excluding carboxylic acids is 1. The molecule has 0 amide bonds. The Labute approximate surface area is 121 Å². The van der Waals surface area contributed by atoms with E-state index in [4.69, 9.17) is 0 Å². The number of nitro groups is 1. The molecular weight excluding hydrogens is 270 g/mol. The van der Waals surface area contributed by atoms with Crippen molar-refractivity contribution < 1.29 is 9.72 Å². The fraction of sp³-hybridized carbons (Fsp3) is 0.200. The lowest BCUT2D eigenvalue weighted by atomic mass is 10.1. The van der Waals surface area contributed by atoms with Crippen molar-refractivity contribution >= 4 is 17.5 Å². The van der Waals surface area contributed by atoms with Crippen molar-refractivity contribution in [2.45, 2.75) is 13.8 Å². The summed E-state index contributed by atoms with van der Waals surface area (Å²) in [4.78, 5) is 22.7. The molecule has 0 fully saturated rings. The van der Waals surface area contributed by atoms with Gasteiger partial charge >= 0.3 is 0 Å². The molecule has 0 aliphatic rings. The van der Waals surface area contributed by atoms with Gasteiger partial charge in [0, 0.05) is 18.8 Å². The van der Waals surface area contributed by atoms with E-state index in [-0.39, 0.29) is 11.5 Å². The second kappa shape index (κ2) is 5.70. The Morgan fingerprint density at radius 2 is 2.00 bits per heavy atom. The van der Waals surface area contributed by atoms with Gasteiger partial charge in [-0.05, 0) is 32.1 Å². The van der Waals surface area contributed by atoms with Crippen LogP contribution in [0.3, 0.4) is 0 Å². The molecular formula is C15H15N3O3. The van der Waals surface area contributed by atoms with Crippen molar-refractivity contribution in [3.05, 3.63) is 63.0 Å². The van der Waals surface area contributed by atoms with Gasteiger partial charge in [0.05, 0.1) is 21.7 Å². The van der Waals surface area contributed by atoms with Gasteiger partial charge in [0.25, 0.3) is 5.69 Å². The molecule has 2 aromatic rings. The standard InChI is InChI=1S/C15H15N3O3/c1-10-15(11(2)17(3)16-10)14(19)9-8-12-6-4-5-7-13(12)18(20)21/h4-9H,1-3H3. The third-order valence-electron chi connectivity index (χ3n) is 3.30. The van der Waals surface area contributed by atoms with Gasteiger partial charge in [-0.2, -0.15) is 5.10 Å². The molecule has 1 aromatic carbocycles. The van der Waals surface area contributed by atoms with Crippen molar-refractivity contribution in [1.29, 1.82) is 0 Å². The predicted octanol–water partition coefficient (Wildman–Crippen LogP) is 2.84. The van der Waals surface area contributed by atoms with E-state index < -0.39 is 4.92 Å². The Morgan fingerprint density at radius 1 is 1.33 bits per heavy atom. The molecule has 108 valence electrons. The number of allylic oxidation sites excluding steroid dienone is 1. The quantitative estimate of drug-likeness (QED) is 0.374. The zero-order valence-corrected chi connectivity index (χ0v) is 12.0. The Morgan fingerprint density at radius 3 is 2.57 bits per heavy atom. The smallest absolute Gasteiger partial charge is 0.276 e. The van der Waals surface area contributed by atoms with Crippen LogP contribution in [0.1, 0.15) is 27.3 Å². The van der Waals surface area contributed by atoms with Gasteiger partial charge in [0.15, 0.2) is 5.78 Å². The number of aromatic nitrogens is 2. The minimum Gasteiger partial charge on any atom is -0.289 e. The number of benzene rings is 1. The maximum atomic E-state index is 12.2. The Hall–Kier alpha value is -2.76. The minimum atomic E-state index is -0.468. The summed E-state index contributed by atoms with van der Waals surface area (Å²) in [6, 6.07) is 6.29. The van der Waals surface area contributed by atoms with Crippen LogP contribution in [0.15, 0.2) is 30.3 Å². The summed E-state index contributed by atoms with van der Waals surface area (Å²) in [7, 11) is 1.77. The van der Waals surface area contributed by atoms with E-state index >= 15 is 0 Å². The molecule has 0 aliphatic heterocycles. The first kappa shape index (κ1) is 14.6. The SMILES string of the molecule is Cc1nn(C)c(C)c1C(=O)C=Cc1ccccc1[N+](=O)[O-]. The van der Waals surface area contributed by atoms with E-state index in [1.165, 1.54) is 18.2 Å². The molecule has 1 aromatic heterocycles. The predicted molar refractivity (Wildman–Crippen MR) is 79.1 cm³/mol.